The van der Waals surface area contributed by atoms with Crippen LogP contribution in [-0.2, 0) is 26.2 Å². The van der Waals surface area contributed by atoms with Crippen molar-refractivity contribution in [2.24, 2.45) is 5.92 Å². The molecule has 0 unspecified atom stereocenters. The summed E-state index contributed by atoms with van der Waals surface area (Å²) in [4.78, 5) is 24.9. The fraction of sp³-hybridized carbons (Fsp3) is 0.417. The zero-order chi connectivity index (χ0) is 24.6. The highest BCUT2D eigenvalue weighted by Crippen LogP contribution is 2.25. The van der Waals surface area contributed by atoms with Crippen molar-refractivity contribution in [2.45, 2.75) is 30.7 Å². The predicted molar refractivity (Wildman–Crippen MR) is 127 cm³/mol. The van der Waals surface area contributed by atoms with Gasteiger partial charge in [-0.1, -0.05) is 12.1 Å². The molecule has 0 radical (unpaired) electrons. The van der Waals surface area contributed by atoms with Gasteiger partial charge in [0.25, 0.3) is 0 Å². The molecule has 1 saturated heterocycles. The molecule has 1 atom stereocenters. The summed E-state index contributed by atoms with van der Waals surface area (Å²) in [5.74, 6) is 0.448. The van der Waals surface area contributed by atoms with E-state index >= 15 is 0 Å². The summed E-state index contributed by atoms with van der Waals surface area (Å²) in [6.07, 6.45) is 1.34. The lowest BCUT2D eigenvalue weighted by molar-refractivity contribution is -0.126. The number of hydrogen-bond donors (Lipinski definition) is 2. The topological polar surface area (TPSA) is 114 Å². The Bertz CT molecular complexity index is 1070. The van der Waals surface area contributed by atoms with Crippen LogP contribution in [0.25, 0.3) is 0 Å². The monoisotopic (exact) mass is 489 g/mol. The molecule has 2 aromatic carbocycles. The molecule has 2 N–H and O–H groups in total. The van der Waals surface area contributed by atoms with Crippen molar-refractivity contribution in [2.75, 3.05) is 33.9 Å². The molecule has 2 amide bonds. The number of ether oxygens (including phenoxy) is 2. The van der Waals surface area contributed by atoms with E-state index in [9.17, 15) is 18.0 Å². The maximum absolute atomic E-state index is 13.0. The second kappa shape index (κ2) is 11.8. The van der Waals surface area contributed by atoms with E-state index in [2.05, 4.69) is 10.6 Å². The molecule has 1 aliphatic heterocycles. The highest BCUT2D eigenvalue weighted by Gasteiger charge is 2.33. The molecule has 2 aromatic rings. The van der Waals surface area contributed by atoms with E-state index in [0.717, 1.165) is 11.3 Å². The molecule has 0 bridgehead atoms. The van der Waals surface area contributed by atoms with Crippen molar-refractivity contribution in [1.29, 1.82) is 0 Å². The lowest BCUT2D eigenvalue weighted by Crippen LogP contribution is -2.45. The molecule has 0 aliphatic carbocycles. The number of methoxy groups -OCH3 is 2. The number of sulfonamides is 1. The van der Waals surface area contributed by atoms with Gasteiger partial charge in [-0.25, -0.2) is 8.42 Å². The normalized spacial score (nSPS) is 16.5. The zero-order valence-corrected chi connectivity index (χ0v) is 20.3. The smallest absolute Gasteiger partial charge is 0.243 e. The van der Waals surface area contributed by atoms with E-state index in [4.69, 9.17) is 9.47 Å². The van der Waals surface area contributed by atoms with Crippen LogP contribution in [0.3, 0.4) is 0 Å². The molecule has 10 heteroatoms. The first-order valence-corrected chi connectivity index (χ1v) is 12.6. The summed E-state index contributed by atoms with van der Waals surface area (Å²) in [7, 11) is -0.591. The first kappa shape index (κ1) is 25.5. The van der Waals surface area contributed by atoms with Crippen LogP contribution in [0, 0.1) is 5.92 Å². The van der Waals surface area contributed by atoms with Crippen LogP contribution >= 0.6 is 0 Å². The fourth-order valence-electron chi connectivity index (χ4n) is 3.75. The highest BCUT2D eigenvalue weighted by atomic mass is 32.2. The van der Waals surface area contributed by atoms with E-state index in [0.29, 0.717) is 31.7 Å². The van der Waals surface area contributed by atoms with Gasteiger partial charge in [0.15, 0.2) is 0 Å². The lowest BCUT2D eigenvalue weighted by atomic mass is 9.99. The van der Waals surface area contributed by atoms with Crippen LogP contribution in [0.5, 0.6) is 11.5 Å². The summed E-state index contributed by atoms with van der Waals surface area (Å²) < 4.78 is 37.5. The molecule has 3 rings (SSSR count). The van der Waals surface area contributed by atoms with Crippen LogP contribution in [0.4, 0.5) is 0 Å². The molecule has 1 aliphatic rings. The number of nitrogens with zero attached hydrogens (tertiary/aromatic N) is 1. The molecule has 0 aromatic heterocycles. The summed E-state index contributed by atoms with van der Waals surface area (Å²) in [6, 6.07) is 13.6. The van der Waals surface area contributed by atoms with Crippen LogP contribution in [-0.4, -0.2) is 58.4 Å². The van der Waals surface area contributed by atoms with Crippen molar-refractivity contribution in [3.8, 4) is 11.5 Å². The number of amides is 2. The Labute approximate surface area is 200 Å². The Balaban J connectivity index is 1.44. The third-order valence-electron chi connectivity index (χ3n) is 5.75. The van der Waals surface area contributed by atoms with Gasteiger partial charge in [-0.3, -0.25) is 9.59 Å². The standard InChI is InChI=1S/C24H31N3O6S/c1-32-20-7-5-18(6-8-20)16-26-23(28)13-14-25-24(29)19-4-3-15-27(17-19)34(30,31)22-11-9-21(33-2)10-12-22/h5-12,19H,3-4,13-17H2,1-2H3,(H,25,29)(H,26,28)/t19-/m0/s1. The molecule has 184 valence electrons. The Kier molecular flexibility index (Phi) is 8.89. The van der Waals surface area contributed by atoms with Crippen LogP contribution in [0.15, 0.2) is 53.4 Å². The third-order valence-corrected chi connectivity index (χ3v) is 7.63. The number of benzene rings is 2. The Morgan fingerprint density at radius 3 is 2.21 bits per heavy atom. The maximum atomic E-state index is 13.0. The molecular weight excluding hydrogens is 458 g/mol. The molecule has 0 saturated carbocycles. The van der Waals surface area contributed by atoms with Gasteiger partial charge in [0.2, 0.25) is 21.8 Å². The number of carbonyl (C=O) groups excluding carboxylic acids is 2. The summed E-state index contributed by atoms with van der Waals surface area (Å²) >= 11 is 0. The van der Waals surface area contributed by atoms with Crippen LogP contribution in [0.1, 0.15) is 24.8 Å². The lowest BCUT2D eigenvalue weighted by Gasteiger charge is -2.31. The average molecular weight is 490 g/mol. The molecule has 1 heterocycles. The Morgan fingerprint density at radius 1 is 0.971 bits per heavy atom. The second-order valence-electron chi connectivity index (χ2n) is 8.04. The van der Waals surface area contributed by atoms with Crippen LogP contribution < -0.4 is 20.1 Å². The largest absolute Gasteiger partial charge is 0.497 e. The quantitative estimate of drug-likeness (QED) is 0.527. The van der Waals surface area contributed by atoms with Gasteiger partial charge in [-0.2, -0.15) is 4.31 Å². The number of piperidine rings is 1. The van der Waals surface area contributed by atoms with Crippen molar-refractivity contribution in [1.82, 2.24) is 14.9 Å². The van der Waals surface area contributed by atoms with E-state index in [1.807, 2.05) is 24.3 Å². The summed E-state index contributed by atoms with van der Waals surface area (Å²) in [6.45, 7) is 1.06. The van der Waals surface area contributed by atoms with E-state index in [1.54, 1.807) is 19.2 Å². The third kappa shape index (κ3) is 6.71. The van der Waals surface area contributed by atoms with Crippen molar-refractivity contribution in [3.05, 3.63) is 54.1 Å². The van der Waals surface area contributed by atoms with Gasteiger partial charge in [-0.05, 0) is 54.8 Å². The van der Waals surface area contributed by atoms with E-state index in [-0.39, 0.29) is 36.2 Å². The highest BCUT2D eigenvalue weighted by molar-refractivity contribution is 7.89. The van der Waals surface area contributed by atoms with Crippen molar-refractivity contribution < 1.29 is 27.5 Å². The van der Waals surface area contributed by atoms with Crippen LogP contribution in [0.2, 0.25) is 0 Å². The molecule has 34 heavy (non-hydrogen) atoms. The molecule has 1 fully saturated rings. The average Bonchev–Trinajstić information content (AvgIpc) is 2.87. The van der Waals surface area contributed by atoms with Gasteiger partial charge in [-0.15, -0.1) is 0 Å². The fourth-order valence-corrected chi connectivity index (χ4v) is 5.27. The number of hydrogen-bond acceptors (Lipinski definition) is 6. The predicted octanol–water partition coefficient (Wildman–Crippen LogP) is 1.93. The first-order valence-electron chi connectivity index (χ1n) is 11.1. The second-order valence-corrected chi connectivity index (χ2v) is 9.98. The SMILES string of the molecule is COc1ccc(CNC(=O)CCNC(=O)[C@H]2CCCN(S(=O)(=O)c3ccc(OC)cc3)C2)cc1. The zero-order valence-electron chi connectivity index (χ0n) is 19.5. The van der Waals surface area contributed by atoms with Gasteiger partial charge >= 0.3 is 0 Å². The summed E-state index contributed by atoms with van der Waals surface area (Å²) in [5, 5.41) is 5.58. The van der Waals surface area contributed by atoms with Crippen molar-refractivity contribution >= 4 is 21.8 Å². The van der Waals surface area contributed by atoms with Gasteiger partial charge in [0.1, 0.15) is 11.5 Å². The van der Waals surface area contributed by atoms with Crippen molar-refractivity contribution in [3.63, 3.8) is 0 Å². The van der Waals surface area contributed by atoms with E-state index < -0.39 is 15.9 Å². The number of rotatable bonds is 10. The minimum atomic E-state index is -3.70. The maximum Gasteiger partial charge on any atom is 0.243 e. The minimum Gasteiger partial charge on any atom is -0.497 e. The number of nitrogens with one attached hydrogen (secondary N) is 2. The molecule has 0 spiro atoms. The molecular formula is C24H31N3O6S. The number of carbonyl (C=O) groups is 2. The van der Waals surface area contributed by atoms with Gasteiger partial charge < -0.3 is 20.1 Å². The minimum absolute atomic E-state index is 0.115. The summed E-state index contributed by atoms with van der Waals surface area (Å²) in [5.41, 5.74) is 0.943. The van der Waals surface area contributed by atoms with Gasteiger partial charge in [0.05, 0.1) is 25.0 Å². The molecule has 9 nitrogen and oxygen atoms in total. The van der Waals surface area contributed by atoms with Gasteiger partial charge in [0, 0.05) is 32.6 Å². The Morgan fingerprint density at radius 2 is 1.59 bits per heavy atom. The first-order chi connectivity index (χ1) is 16.3. The Hall–Kier alpha value is -3.11. The van der Waals surface area contributed by atoms with E-state index in [1.165, 1.54) is 23.5 Å².